The second kappa shape index (κ2) is 5.75. The van der Waals surface area contributed by atoms with Gasteiger partial charge in [-0.2, -0.15) is 0 Å². The fourth-order valence-corrected chi connectivity index (χ4v) is 0.637. The van der Waals surface area contributed by atoms with Crippen LogP contribution in [-0.2, 0) is 9.53 Å². The van der Waals surface area contributed by atoms with Crippen molar-refractivity contribution in [3.8, 4) is 0 Å². The van der Waals surface area contributed by atoms with E-state index < -0.39 is 6.04 Å². The third kappa shape index (κ3) is 4.68. The monoisotopic (exact) mass is 185 g/mol. The van der Waals surface area contributed by atoms with Crippen LogP contribution in [0.5, 0.6) is 0 Å². The first-order valence-electron chi connectivity index (χ1n) is 4.53. The molecule has 2 N–H and O–H groups in total. The van der Waals surface area contributed by atoms with Gasteiger partial charge in [-0.15, -0.1) is 0 Å². The number of allylic oxidation sites excluding steroid dienone is 1. The molecule has 1 atom stereocenters. The van der Waals surface area contributed by atoms with Crippen molar-refractivity contribution < 1.29 is 9.53 Å². The van der Waals surface area contributed by atoms with Crippen molar-refractivity contribution in [3.63, 3.8) is 0 Å². The topological polar surface area (TPSA) is 52.3 Å². The maximum atomic E-state index is 11.2. The standard InChI is InChI=1S/C10H19NO2/c1-5-8(4)6-13-10(12)9(11)7(2)3/h5,7,9H,6,11H2,1-4H3. The molecule has 3 nitrogen and oxygen atoms in total. The van der Waals surface area contributed by atoms with Gasteiger partial charge in [-0.3, -0.25) is 4.79 Å². The second-order valence-corrected chi connectivity index (χ2v) is 3.51. The van der Waals surface area contributed by atoms with Crippen molar-refractivity contribution in [1.29, 1.82) is 0 Å². The number of ether oxygens (including phenoxy) is 1. The SMILES string of the molecule is CC=C(C)COC(=O)C(N)C(C)C. The molecule has 0 aromatic rings. The summed E-state index contributed by atoms with van der Waals surface area (Å²) in [5.74, 6) is -0.199. The third-order valence-corrected chi connectivity index (χ3v) is 1.93. The lowest BCUT2D eigenvalue weighted by molar-refractivity contribution is -0.145. The molecule has 0 aromatic carbocycles. The Hall–Kier alpha value is -0.830. The number of nitrogens with two attached hydrogens (primary N) is 1. The smallest absolute Gasteiger partial charge is 0.323 e. The first kappa shape index (κ1) is 12.2. The van der Waals surface area contributed by atoms with Gasteiger partial charge in [0.05, 0.1) is 0 Å². The summed E-state index contributed by atoms with van der Waals surface area (Å²) in [5.41, 5.74) is 6.63. The van der Waals surface area contributed by atoms with Gasteiger partial charge in [-0.05, 0) is 25.3 Å². The molecule has 0 amide bonds. The van der Waals surface area contributed by atoms with Crippen molar-refractivity contribution >= 4 is 5.97 Å². The largest absolute Gasteiger partial charge is 0.460 e. The van der Waals surface area contributed by atoms with Crippen LogP contribution in [0.15, 0.2) is 11.6 Å². The molecule has 0 rings (SSSR count). The number of esters is 1. The molecule has 0 radical (unpaired) electrons. The predicted octanol–water partition coefficient (Wildman–Crippen LogP) is 1.48. The summed E-state index contributed by atoms with van der Waals surface area (Å²) < 4.78 is 4.99. The van der Waals surface area contributed by atoms with Gasteiger partial charge in [0, 0.05) is 0 Å². The second-order valence-electron chi connectivity index (χ2n) is 3.51. The summed E-state index contributed by atoms with van der Waals surface area (Å²) in [6.07, 6.45) is 1.91. The normalized spacial score (nSPS) is 14.5. The summed E-state index contributed by atoms with van der Waals surface area (Å²) in [7, 11) is 0. The van der Waals surface area contributed by atoms with E-state index in [1.165, 1.54) is 0 Å². The number of carbonyl (C=O) groups is 1. The van der Waals surface area contributed by atoms with E-state index in [-0.39, 0.29) is 11.9 Å². The van der Waals surface area contributed by atoms with Crippen molar-refractivity contribution in [1.82, 2.24) is 0 Å². The fraction of sp³-hybridized carbons (Fsp3) is 0.700. The zero-order chi connectivity index (χ0) is 10.4. The minimum absolute atomic E-state index is 0.124. The molecule has 13 heavy (non-hydrogen) atoms. The van der Waals surface area contributed by atoms with Crippen LogP contribution in [0.25, 0.3) is 0 Å². The number of hydrogen-bond donors (Lipinski definition) is 1. The van der Waals surface area contributed by atoms with Gasteiger partial charge in [-0.1, -0.05) is 19.9 Å². The van der Waals surface area contributed by atoms with E-state index in [2.05, 4.69) is 0 Å². The molecule has 0 bridgehead atoms. The van der Waals surface area contributed by atoms with Crippen molar-refractivity contribution in [3.05, 3.63) is 11.6 Å². The van der Waals surface area contributed by atoms with Crippen LogP contribution in [0.1, 0.15) is 27.7 Å². The summed E-state index contributed by atoms with van der Waals surface area (Å²) in [4.78, 5) is 11.2. The van der Waals surface area contributed by atoms with Crippen LogP contribution >= 0.6 is 0 Å². The highest BCUT2D eigenvalue weighted by Gasteiger charge is 2.18. The van der Waals surface area contributed by atoms with Gasteiger partial charge in [0.2, 0.25) is 0 Å². The molecule has 0 saturated heterocycles. The lowest BCUT2D eigenvalue weighted by Gasteiger charge is -2.14. The summed E-state index contributed by atoms with van der Waals surface area (Å²) in [5, 5.41) is 0. The Labute approximate surface area is 79.9 Å². The van der Waals surface area contributed by atoms with Crippen molar-refractivity contribution in [2.45, 2.75) is 33.7 Å². The van der Waals surface area contributed by atoms with E-state index in [1.807, 2.05) is 33.8 Å². The van der Waals surface area contributed by atoms with Gasteiger partial charge in [-0.25, -0.2) is 0 Å². The fourth-order valence-electron chi connectivity index (χ4n) is 0.637. The zero-order valence-corrected chi connectivity index (χ0v) is 8.83. The van der Waals surface area contributed by atoms with Gasteiger partial charge < -0.3 is 10.5 Å². The van der Waals surface area contributed by atoms with Crippen molar-refractivity contribution in [2.24, 2.45) is 11.7 Å². The first-order chi connectivity index (χ1) is 5.99. The molecule has 0 aliphatic rings. The van der Waals surface area contributed by atoms with Crippen LogP contribution in [0.3, 0.4) is 0 Å². The van der Waals surface area contributed by atoms with Crippen LogP contribution in [0.2, 0.25) is 0 Å². The van der Waals surface area contributed by atoms with Crippen molar-refractivity contribution in [2.75, 3.05) is 6.61 Å². The minimum atomic E-state index is -0.510. The Bertz CT molecular complexity index is 197. The predicted molar refractivity (Wildman–Crippen MR) is 53.2 cm³/mol. The van der Waals surface area contributed by atoms with Gasteiger partial charge in [0.25, 0.3) is 0 Å². The highest BCUT2D eigenvalue weighted by molar-refractivity contribution is 5.75. The molecular formula is C10H19NO2. The van der Waals surface area contributed by atoms with E-state index in [0.29, 0.717) is 6.61 Å². The Morgan fingerprint density at radius 1 is 1.54 bits per heavy atom. The van der Waals surface area contributed by atoms with Gasteiger partial charge in [0.15, 0.2) is 0 Å². The lowest BCUT2D eigenvalue weighted by Crippen LogP contribution is -2.37. The maximum absolute atomic E-state index is 11.2. The summed E-state index contributed by atoms with van der Waals surface area (Å²) in [6.45, 7) is 7.96. The number of hydrogen-bond acceptors (Lipinski definition) is 3. The van der Waals surface area contributed by atoms with Crippen LogP contribution in [-0.4, -0.2) is 18.6 Å². The minimum Gasteiger partial charge on any atom is -0.460 e. The maximum Gasteiger partial charge on any atom is 0.323 e. The highest BCUT2D eigenvalue weighted by atomic mass is 16.5. The third-order valence-electron chi connectivity index (χ3n) is 1.93. The van der Waals surface area contributed by atoms with Gasteiger partial charge >= 0.3 is 5.97 Å². The molecule has 0 heterocycles. The molecule has 1 unspecified atom stereocenters. The van der Waals surface area contributed by atoms with Crippen LogP contribution in [0, 0.1) is 5.92 Å². The molecule has 0 aliphatic carbocycles. The lowest BCUT2D eigenvalue weighted by atomic mass is 10.1. The van der Waals surface area contributed by atoms with Gasteiger partial charge in [0.1, 0.15) is 12.6 Å². The molecule has 0 aromatic heterocycles. The number of rotatable bonds is 4. The molecule has 76 valence electrons. The highest BCUT2D eigenvalue weighted by Crippen LogP contribution is 2.02. The average Bonchev–Trinajstić information content (AvgIpc) is 2.11. The summed E-state index contributed by atoms with van der Waals surface area (Å²) >= 11 is 0. The van der Waals surface area contributed by atoms with E-state index in [4.69, 9.17) is 10.5 Å². The Morgan fingerprint density at radius 2 is 2.08 bits per heavy atom. The van der Waals surface area contributed by atoms with E-state index in [1.54, 1.807) is 0 Å². The Balaban J connectivity index is 3.88. The molecule has 0 spiro atoms. The van der Waals surface area contributed by atoms with Crippen LogP contribution < -0.4 is 5.73 Å². The quantitative estimate of drug-likeness (QED) is 0.533. The zero-order valence-electron chi connectivity index (χ0n) is 8.83. The number of carbonyl (C=O) groups excluding carboxylic acids is 1. The Kier molecular flexibility index (Phi) is 5.39. The van der Waals surface area contributed by atoms with Crippen LogP contribution in [0.4, 0.5) is 0 Å². The molecule has 0 fully saturated rings. The molecule has 0 saturated carbocycles. The van der Waals surface area contributed by atoms with E-state index in [0.717, 1.165) is 5.57 Å². The van der Waals surface area contributed by atoms with E-state index >= 15 is 0 Å². The molecule has 3 heteroatoms. The molecular weight excluding hydrogens is 166 g/mol. The first-order valence-corrected chi connectivity index (χ1v) is 4.53. The molecule has 0 aliphatic heterocycles. The Morgan fingerprint density at radius 3 is 2.46 bits per heavy atom. The van der Waals surface area contributed by atoms with E-state index in [9.17, 15) is 4.79 Å². The summed E-state index contributed by atoms with van der Waals surface area (Å²) in [6, 6.07) is -0.510. The average molecular weight is 185 g/mol.